The van der Waals surface area contributed by atoms with Crippen LogP contribution < -0.4 is 5.73 Å². The average Bonchev–Trinajstić information content (AvgIpc) is 2.62. The molecule has 13 heavy (non-hydrogen) atoms. The van der Waals surface area contributed by atoms with Gasteiger partial charge in [0.25, 0.3) is 0 Å². The molecule has 0 radical (unpaired) electrons. The minimum absolute atomic E-state index is 0.396. The van der Waals surface area contributed by atoms with Crippen molar-refractivity contribution in [2.24, 2.45) is 23.5 Å². The maximum absolute atomic E-state index is 6.21. The number of fused-ring (bicyclic) bond motifs is 2. The second-order valence-corrected chi connectivity index (χ2v) is 5.16. The Morgan fingerprint density at radius 3 is 2.69 bits per heavy atom. The highest BCUT2D eigenvalue weighted by molar-refractivity contribution is 5.00. The highest BCUT2D eigenvalue weighted by Crippen LogP contribution is 2.49. The molecular weight excluding hydrogens is 158 g/mol. The zero-order valence-electron chi connectivity index (χ0n) is 8.63. The van der Waals surface area contributed by atoms with Crippen molar-refractivity contribution in [1.82, 2.24) is 0 Å². The molecule has 0 spiro atoms. The topological polar surface area (TPSA) is 26.0 Å². The van der Waals surface area contributed by atoms with E-state index in [1.165, 1.54) is 31.3 Å². The lowest BCUT2D eigenvalue weighted by atomic mass is 9.81. The molecular formula is C12H21N. The monoisotopic (exact) mass is 179 g/mol. The quantitative estimate of drug-likeness (QED) is 0.662. The Kier molecular flexibility index (Phi) is 2.46. The van der Waals surface area contributed by atoms with Gasteiger partial charge in [0.15, 0.2) is 0 Å². The minimum atomic E-state index is 0.396. The van der Waals surface area contributed by atoms with Crippen LogP contribution in [0.2, 0.25) is 0 Å². The van der Waals surface area contributed by atoms with Crippen LogP contribution >= 0.6 is 0 Å². The molecule has 1 heteroatoms. The summed E-state index contributed by atoms with van der Waals surface area (Å²) >= 11 is 0. The van der Waals surface area contributed by atoms with Crippen LogP contribution in [0.15, 0.2) is 12.2 Å². The molecule has 0 aromatic heterocycles. The van der Waals surface area contributed by atoms with E-state index in [0.29, 0.717) is 6.04 Å². The number of hydrogen-bond donors (Lipinski definition) is 1. The van der Waals surface area contributed by atoms with Crippen LogP contribution in [0.25, 0.3) is 0 Å². The van der Waals surface area contributed by atoms with Gasteiger partial charge in [0, 0.05) is 6.04 Å². The van der Waals surface area contributed by atoms with Crippen molar-refractivity contribution in [1.29, 1.82) is 0 Å². The van der Waals surface area contributed by atoms with Gasteiger partial charge in [0.2, 0.25) is 0 Å². The summed E-state index contributed by atoms with van der Waals surface area (Å²) in [5.41, 5.74) is 7.45. The van der Waals surface area contributed by atoms with Gasteiger partial charge in [-0.2, -0.15) is 0 Å². The van der Waals surface area contributed by atoms with E-state index >= 15 is 0 Å². The normalized spacial score (nSPS) is 39.4. The molecule has 1 nitrogen and oxygen atoms in total. The molecule has 2 rings (SSSR count). The summed E-state index contributed by atoms with van der Waals surface area (Å²) in [4.78, 5) is 0. The van der Waals surface area contributed by atoms with Crippen LogP contribution in [0, 0.1) is 17.8 Å². The van der Waals surface area contributed by atoms with E-state index in [-0.39, 0.29) is 0 Å². The molecule has 4 atom stereocenters. The molecule has 4 unspecified atom stereocenters. The Hall–Kier alpha value is -0.300. The predicted molar refractivity (Wildman–Crippen MR) is 56.3 cm³/mol. The maximum Gasteiger partial charge on any atom is 0.0107 e. The first kappa shape index (κ1) is 9.26. The van der Waals surface area contributed by atoms with Crippen molar-refractivity contribution in [2.75, 3.05) is 0 Å². The third-order valence-electron chi connectivity index (χ3n) is 3.93. The van der Waals surface area contributed by atoms with Gasteiger partial charge in [0.05, 0.1) is 0 Å². The van der Waals surface area contributed by atoms with Crippen molar-refractivity contribution >= 4 is 0 Å². The van der Waals surface area contributed by atoms with Gasteiger partial charge in [-0.25, -0.2) is 0 Å². The van der Waals surface area contributed by atoms with Crippen LogP contribution in [-0.4, -0.2) is 6.04 Å². The van der Waals surface area contributed by atoms with Gasteiger partial charge in [-0.15, -0.1) is 6.58 Å². The summed E-state index contributed by atoms with van der Waals surface area (Å²) < 4.78 is 0. The zero-order chi connectivity index (χ0) is 9.42. The highest BCUT2D eigenvalue weighted by atomic mass is 14.7. The number of nitrogens with two attached hydrogens (primary N) is 1. The number of rotatable bonds is 3. The summed E-state index contributed by atoms with van der Waals surface area (Å²) in [5.74, 6) is 2.79. The van der Waals surface area contributed by atoms with Crippen molar-refractivity contribution in [3.05, 3.63) is 12.2 Å². The molecule has 0 amide bonds. The van der Waals surface area contributed by atoms with E-state index in [4.69, 9.17) is 5.73 Å². The lowest BCUT2D eigenvalue weighted by molar-refractivity contribution is 0.280. The molecule has 0 heterocycles. The lowest BCUT2D eigenvalue weighted by Gasteiger charge is -2.27. The van der Waals surface area contributed by atoms with E-state index in [2.05, 4.69) is 13.5 Å². The minimum Gasteiger partial charge on any atom is -0.327 e. The van der Waals surface area contributed by atoms with Crippen molar-refractivity contribution in [3.8, 4) is 0 Å². The lowest BCUT2D eigenvalue weighted by Crippen LogP contribution is -2.33. The van der Waals surface area contributed by atoms with Gasteiger partial charge in [-0.05, 0) is 50.4 Å². The molecule has 2 saturated carbocycles. The molecule has 74 valence electrons. The first-order chi connectivity index (χ1) is 6.16. The molecule has 0 aromatic carbocycles. The van der Waals surface area contributed by atoms with Crippen molar-refractivity contribution in [2.45, 2.75) is 45.1 Å². The average molecular weight is 179 g/mol. The fourth-order valence-corrected chi connectivity index (χ4v) is 3.37. The molecule has 2 aliphatic carbocycles. The summed E-state index contributed by atoms with van der Waals surface area (Å²) in [5, 5.41) is 0. The first-order valence-corrected chi connectivity index (χ1v) is 5.56. The Balaban J connectivity index is 1.91. The highest BCUT2D eigenvalue weighted by Gasteiger charge is 2.41. The van der Waals surface area contributed by atoms with E-state index < -0.39 is 0 Å². The van der Waals surface area contributed by atoms with Crippen LogP contribution in [0.1, 0.15) is 39.0 Å². The maximum atomic E-state index is 6.21. The number of hydrogen-bond acceptors (Lipinski definition) is 1. The molecule has 0 aliphatic heterocycles. The smallest absolute Gasteiger partial charge is 0.0107 e. The van der Waals surface area contributed by atoms with E-state index in [1.807, 2.05) is 0 Å². The third kappa shape index (κ3) is 1.80. The van der Waals surface area contributed by atoms with E-state index in [9.17, 15) is 0 Å². The van der Waals surface area contributed by atoms with Gasteiger partial charge < -0.3 is 5.73 Å². The van der Waals surface area contributed by atoms with E-state index in [1.54, 1.807) is 0 Å². The third-order valence-corrected chi connectivity index (χ3v) is 3.93. The van der Waals surface area contributed by atoms with Crippen LogP contribution in [0.5, 0.6) is 0 Å². The fraction of sp³-hybridized carbons (Fsp3) is 0.833. The largest absolute Gasteiger partial charge is 0.327 e. The summed E-state index contributed by atoms with van der Waals surface area (Å²) in [7, 11) is 0. The predicted octanol–water partition coefficient (Wildman–Crippen LogP) is 2.72. The summed E-state index contributed by atoms with van der Waals surface area (Å²) in [6, 6.07) is 0.396. The SMILES string of the molecule is C=C(C)CC(N)C1CC2CCC1C2. The van der Waals surface area contributed by atoms with Crippen LogP contribution in [-0.2, 0) is 0 Å². The molecule has 0 saturated heterocycles. The van der Waals surface area contributed by atoms with Crippen molar-refractivity contribution < 1.29 is 0 Å². The Morgan fingerprint density at radius 2 is 2.23 bits per heavy atom. The Morgan fingerprint density at radius 1 is 1.46 bits per heavy atom. The standard InChI is InChI=1S/C12H21N/c1-8(2)5-12(13)11-7-9-3-4-10(11)6-9/h9-12H,1,3-7,13H2,2H3. The van der Waals surface area contributed by atoms with Gasteiger partial charge >= 0.3 is 0 Å². The molecule has 2 N–H and O–H groups in total. The zero-order valence-corrected chi connectivity index (χ0v) is 8.63. The van der Waals surface area contributed by atoms with Gasteiger partial charge in [0.1, 0.15) is 0 Å². The molecule has 2 aliphatic rings. The molecule has 2 bridgehead atoms. The second-order valence-electron chi connectivity index (χ2n) is 5.16. The first-order valence-electron chi connectivity index (χ1n) is 5.56. The fourth-order valence-electron chi connectivity index (χ4n) is 3.37. The van der Waals surface area contributed by atoms with Crippen molar-refractivity contribution in [3.63, 3.8) is 0 Å². The van der Waals surface area contributed by atoms with Crippen LogP contribution in [0.3, 0.4) is 0 Å². The molecule has 2 fully saturated rings. The van der Waals surface area contributed by atoms with Gasteiger partial charge in [-0.3, -0.25) is 0 Å². The Labute approximate surface area is 81.4 Å². The summed E-state index contributed by atoms with van der Waals surface area (Å²) in [6.45, 7) is 6.04. The van der Waals surface area contributed by atoms with E-state index in [0.717, 1.165) is 24.2 Å². The van der Waals surface area contributed by atoms with Gasteiger partial charge in [-0.1, -0.05) is 12.0 Å². The summed E-state index contributed by atoms with van der Waals surface area (Å²) in [6.07, 6.45) is 6.82. The molecule has 0 aromatic rings. The van der Waals surface area contributed by atoms with Crippen LogP contribution in [0.4, 0.5) is 0 Å². The Bertz CT molecular complexity index is 209. The second kappa shape index (κ2) is 3.45.